The minimum atomic E-state index is -1.46. The van der Waals surface area contributed by atoms with Gasteiger partial charge in [-0.2, -0.15) is 0 Å². The van der Waals surface area contributed by atoms with E-state index >= 15 is 0 Å². The molecule has 8 heteroatoms. The van der Waals surface area contributed by atoms with E-state index in [1.807, 2.05) is 30.3 Å². The minimum Gasteiger partial charge on any atom is -0.462 e. The lowest BCUT2D eigenvalue weighted by atomic mass is 10.1. The van der Waals surface area contributed by atoms with Gasteiger partial charge < -0.3 is 18.5 Å². The number of rotatable bonds is 36. The summed E-state index contributed by atoms with van der Waals surface area (Å²) < 4.78 is 26.6. The summed E-state index contributed by atoms with van der Waals surface area (Å²) in [5.41, 5.74) is 1.07. The molecule has 1 aromatic carbocycles. The van der Waals surface area contributed by atoms with Gasteiger partial charge in [0.05, 0.1) is 13.2 Å². The van der Waals surface area contributed by atoms with Crippen LogP contribution in [0.25, 0.3) is 0 Å². The average molecular weight is 750 g/mol. The molecule has 0 N–H and O–H groups in total. The Bertz CT molecular complexity index is 953. The van der Waals surface area contributed by atoms with Crippen molar-refractivity contribution in [1.29, 1.82) is 0 Å². The molecule has 1 rings (SSSR count). The molecule has 2 atom stereocenters. The molecule has 0 aliphatic rings. The molecule has 0 bridgehead atoms. The summed E-state index contributed by atoms with van der Waals surface area (Å²) in [5.74, 6) is -0.499. The normalized spacial score (nSPS) is 12.9. The van der Waals surface area contributed by atoms with Crippen LogP contribution in [0.4, 0.5) is 0 Å². The van der Waals surface area contributed by atoms with E-state index in [1.54, 1.807) is 0 Å². The zero-order chi connectivity index (χ0) is 38.1. The third-order valence-corrected chi connectivity index (χ3v) is 11.5. The summed E-state index contributed by atoms with van der Waals surface area (Å²) in [7, 11) is -1.46. The van der Waals surface area contributed by atoms with Crippen molar-refractivity contribution in [3.8, 4) is 0 Å². The lowest BCUT2D eigenvalue weighted by molar-refractivity contribution is -0.161. The molecule has 0 radical (unpaired) electrons. The lowest BCUT2D eigenvalue weighted by Crippen LogP contribution is -2.35. The molecular weight excluding hydrogens is 669 g/mol. The van der Waals surface area contributed by atoms with Crippen LogP contribution in [-0.2, 0) is 34.7 Å². The van der Waals surface area contributed by atoms with Gasteiger partial charge >= 0.3 is 11.9 Å². The van der Waals surface area contributed by atoms with Crippen LogP contribution in [0, 0.1) is 0 Å². The van der Waals surface area contributed by atoms with E-state index in [0.717, 1.165) is 44.1 Å². The van der Waals surface area contributed by atoms with Crippen LogP contribution in [0.15, 0.2) is 30.3 Å². The Kier molecular flexibility index (Phi) is 31.7. The largest absolute Gasteiger partial charge is 0.462 e. The van der Waals surface area contributed by atoms with Gasteiger partial charge in [0.15, 0.2) is 6.10 Å². The number of ether oxygens (including phenoxy) is 2. The standard InChI is InChI=1S/C44H80NO6P/c1-7-9-11-13-15-17-19-21-23-25-30-34-43(46)48-37-42(51-44(47)35-31-26-24-22-20-18-16-14-12-10-8-2)38-50-52(45(39(3)4)40(5)6)49-36-41-32-28-27-29-33-41/h27-29,32-33,39-40,42H,7-26,30-31,34-38H2,1-6H3/t42-,52?/m1/s1. The van der Waals surface area contributed by atoms with E-state index < -0.39 is 14.6 Å². The number of esters is 2. The molecular formula is C44H80NO6P. The molecule has 0 heterocycles. The second-order valence-electron chi connectivity index (χ2n) is 15.2. The van der Waals surface area contributed by atoms with Crippen molar-refractivity contribution in [3.05, 3.63) is 35.9 Å². The summed E-state index contributed by atoms with van der Waals surface area (Å²) in [6.45, 7) is 13.5. The summed E-state index contributed by atoms with van der Waals surface area (Å²) in [5, 5.41) is 0. The average Bonchev–Trinajstić information content (AvgIpc) is 3.12. The topological polar surface area (TPSA) is 74.3 Å². The quantitative estimate of drug-likeness (QED) is 0.0384. The Hall–Kier alpha value is -1.53. The van der Waals surface area contributed by atoms with Gasteiger partial charge in [-0.25, -0.2) is 4.67 Å². The highest BCUT2D eigenvalue weighted by atomic mass is 31.2. The number of carbonyl (C=O) groups excluding carboxylic acids is 2. The molecule has 0 amide bonds. The fourth-order valence-electron chi connectivity index (χ4n) is 6.48. The highest BCUT2D eigenvalue weighted by molar-refractivity contribution is 7.44. The third-order valence-electron chi connectivity index (χ3n) is 9.50. The third kappa shape index (κ3) is 27.1. The number of carbonyl (C=O) groups is 2. The van der Waals surface area contributed by atoms with E-state index in [1.165, 1.54) is 103 Å². The van der Waals surface area contributed by atoms with Crippen LogP contribution in [0.3, 0.4) is 0 Å². The van der Waals surface area contributed by atoms with E-state index in [-0.39, 0.29) is 37.2 Å². The predicted octanol–water partition coefficient (Wildman–Crippen LogP) is 13.4. The van der Waals surface area contributed by atoms with Crippen molar-refractivity contribution in [3.63, 3.8) is 0 Å². The van der Waals surface area contributed by atoms with Crippen LogP contribution in [0.5, 0.6) is 0 Å². The molecule has 0 spiro atoms. The molecule has 0 aromatic heterocycles. The first-order valence-corrected chi connectivity index (χ1v) is 22.6. The number of hydrogen-bond acceptors (Lipinski definition) is 7. The van der Waals surface area contributed by atoms with Crippen LogP contribution < -0.4 is 0 Å². The molecule has 7 nitrogen and oxygen atoms in total. The molecule has 0 aliphatic heterocycles. The summed E-state index contributed by atoms with van der Waals surface area (Å²) >= 11 is 0. The molecule has 0 fully saturated rings. The zero-order valence-corrected chi connectivity index (χ0v) is 35.4. The molecule has 0 saturated carbocycles. The number of benzene rings is 1. The molecule has 52 heavy (non-hydrogen) atoms. The Morgan fingerprint density at radius 3 is 1.42 bits per heavy atom. The van der Waals surface area contributed by atoms with Crippen molar-refractivity contribution in [1.82, 2.24) is 4.67 Å². The van der Waals surface area contributed by atoms with E-state index in [0.29, 0.717) is 19.4 Å². The van der Waals surface area contributed by atoms with Gasteiger partial charge in [-0.1, -0.05) is 173 Å². The first-order valence-electron chi connectivity index (χ1n) is 21.5. The van der Waals surface area contributed by atoms with Gasteiger partial charge in [-0.05, 0) is 46.1 Å². The highest BCUT2D eigenvalue weighted by Crippen LogP contribution is 2.46. The molecule has 302 valence electrons. The van der Waals surface area contributed by atoms with Crippen molar-refractivity contribution in [2.24, 2.45) is 0 Å². The zero-order valence-electron chi connectivity index (χ0n) is 34.6. The van der Waals surface area contributed by atoms with E-state index in [4.69, 9.17) is 18.5 Å². The highest BCUT2D eigenvalue weighted by Gasteiger charge is 2.29. The number of unbranched alkanes of at least 4 members (excludes halogenated alkanes) is 20. The van der Waals surface area contributed by atoms with Gasteiger partial charge in [0, 0.05) is 24.9 Å². The molecule has 1 unspecified atom stereocenters. The van der Waals surface area contributed by atoms with Crippen molar-refractivity contribution >= 4 is 20.5 Å². The van der Waals surface area contributed by atoms with Crippen molar-refractivity contribution in [2.75, 3.05) is 13.2 Å². The first kappa shape index (κ1) is 48.5. The van der Waals surface area contributed by atoms with Crippen molar-refractivity contribution < 1.29 is 28.1 Å². The van der Waals surface area contributed by atoms with Gasteiger partial charge in [0.2, 0.25) is 0 Å². The fraction of sp³-hybridized carbons (Fsp3) is 0.818. The van der Waals surface area contributed by atoms with E-state index in [9.17, 15) is 9.59 Å². The van der Waals surface area contributed by atoms with Crippen LogP contribution in [0.1, 0.15) is 201 Å². The molecule has 0 saturated heterocycles. The van der Waals surface area contributed by atoms with Crippen LogP contribution in [-0.4, -0.2) is 48.0 Å². The van der Waals surface area contributed by atoms with Gasteiger partial charge in [-0.3, -0.25) is 9.59 Å². The van der Waals surface area contributed by atoms with E-state index in [2.05, 4.69) is 46.2 Å². The maximum atomic E-state index is 13.0. The molecule has 0 aliphatic carbocycles. The summed E-state index contributed by atoms with van der Waals surface area (Å²) in [6.07, 6.45) is 27.1. The minimum absolute atomic E-state index is 0.00786. The number of nitrogens with zero attached hydrogens (tertiary/aromatic N) is 1. The van der Waals surface area contributed by atoms with Gasteiger partial charge in [0.25, 0.3) is 8.53 Å². The summed E-state index contributed by atoms with van der Waals surface area (Å²) in [6, 6.07) is 10.4. The second-order valence-corrected chi connectivity index (χ2v) is 16.7. The lowest BCUT2D eigenvalue weighted by Gasteiger charge is -2.36. The molecule has 1 aromatic rings. The van der Waals surface area contributed by atoms with Crippen LogP contribution in [0.2, 0.25) is 0 Å². The summed E-state index contributed by atoms with van der Waals surface area (Å²) in [4.78, 5) is 25.7. The fourth-order valence-corrected chi connectivity index (χ4v) is 8.13. The van der Waals surface area contributed by atoms with Gasteiger partial charge in [-0.15, -0.1) is 0 Å². The Morgan fingerprint density at radius 2 is 0.981 bits per heavy atom. The SMILES string of the molecule is CCCCCCCCCCCCCC(=O)OC[C@H](COP(OCc1ccccc1)N(C(C)C)C(C)C)OC(=O)CCCCCCCCCCCCC. The Balaban J connectivity index is 2.62. The maximum absolute atomic E-state index is 13.0. The second kappa shape index (κ2) is 34.0. The maximum Gasteiger partial charge on any atom is 0.306 e. The van der Waals surface area contributed by atoms with Crippen molar-refractivity contribution in [2.45, 2.75) is 220 Å². The number of hydrogen-bond donors (Lipinski definition) is 0. The smallest absolute Gasteiger partial charge is 0.306 e. The monoisotopic (exact) mass is 750 g/mol. The van der Waals surface area contributed by atoms with Crippen LogP contribution >= 0.6 is 8.53 Å². The Morgan fingerprint density at radius 1 is 0.558 bits per heavy atom. The Labute approximate surface area is 322 Å². The first-order chi connectivity index (χ1) is 25.3. The predicted molar refractivity (Wildman–Crippen MR) is 219 cm³/mol. The van der Waals surface area contributed by atoms with Gasteiger partial charge in [0.1, 0.15) is 6.61 Å².